The van der Waals surface area contributed by atoms with Gasteiger partial charge in [0.2, 0.25) is 17.6 Å². The second-order valence-electron chi connectivity index (χ2n) is 5.13. The summed E-state index contributed by atoms with van der Waals surface area (Å²) < 4.78 is 10.3. The summed E-state index contributed by atoms with van der Waals surface area (Å²) in [5, 5.41) is 13.1. The summed E-state index contributed by atoms with van der Waals surface area (Å²) in [6.45, 7) is 0. The Morgan fingerprint density at radius 1 is 1.33 bits per heavy atom. The van der Waals surface area contributed by atoms with Crippen LogP contribution in [-0.2, 0) is 11.2 Å². The number of anilines is 1. The van der Waals surface area contributed by atoms with E-state index in [0.29, 0.717) is 36.7 Å². The van der Waals surface area contributed by atoms with Crippen molar-refractivity contribution in [1.29, 1.82) is 0 Å². The van der Waals surface area contributed by atoms with E-state index in [-0.39, 0.29) is 5.91 Å². The first-order valence-corrected chi connectivity index (χ1v) is 7.50. The maximum Gasteiger partial charge on any atom is 0.226 e. The van der Waals surface area contributed by atoms with Gasteiger partial charge in [0.1, 0.15) is 5.75 Å². The Labute approximate surface area is 138 Å². The predicted molar refractivity (Wildman–Crippen MR) is 86.4 cm³/mol. The molecule has 3 rings (SSSR count). The van der Waals surface area contributed by atoms with Gasteiger partial charge in [-0.1, -0.05) is 5.16 Å². The molecule has 8 heteroatoms. The molecular weight excluding hydrogens is 310 g/mol. The number of hydrogen-bond donors (Lipinski definition) is 2. The van der Waals surface area contributed by atoms with Crippen LogP contribution in [0.25, 0.3) is 11.4 Å². The Kier molecular flexibility index (Phi) is 4.85. The molecule has 0 radical (unpaired) electrons. The van der Waals surface area contributed by atoms with Crippen molar-refractivity contribution < 1.29 is 14.1 Å². The number of benzene rings is 1. The fraction of sp³-hybridized carbons (Fsp3) is 0.250. The molecule has 124 valence electrons. The van der Waals surface area contributed by atoms with Gasteiger partial charge in [-0.25, -0.2) is 0 Å². The highest BCUT2D eigenvalue weighted by molar-refractivity contribution is 5.90. The van der Waals surface area contributed by atoms with E-state index in [2.05, 4.69) is 25.7 Å². The number of nitrogens with zero attached hydrogens (tertiary/aromatic N) is 3. The van der Waals surface area contributed by atoms with Crippen LogP contribution in [0.5, 0.6) is 5.75 Å². The highest BCUT2D eigenvalue weighted by Crippen LogP contribution is 2.20. The predicted octanol–water partition coefficient (Wildman–Crippen LogP) is 2.43. The van der Waals surface area contributed by atoms with E-state index in [0.717, 1.165) is 11.3 Å². The smallest absolute Gasteiger partial charge is 0.226 e. The van der Waals surface area contributed by atoms with Gasteiger partial charge in [-0.3, -0.25) is 9.89 Å². The van der Waals surface area contributed by atoms with Crippen molar-refractivity contribution in [3.05, 3.63) is 42.5 Å². The molecule has 1 amide bonds. The van der Waals surface area contributed by atoms with Crippen LogP contribution in [0.4, 0.5) is 5.69 Å². The molecule has 1 aromatic carbocycles. The quantitative estimate of drug-likeness (QED) is 0.690. The second-order valence-corrected chi connectivity index (χ2v) is 5.13. The van der Waals surface area contributed by atoms with E-state index in [1.807, 2.05) is 24.3 Å². The van der Waals surface area contributed by atoms with Gasteiger partial charge in [0.15, 0.2) is 0 Å². The number of aryl methyl sites for hydroxylation is 1. The molecule has 0 aliphatic rings. The van der Waals surface area contributed by atoms with Crippen molar-refractivity contribution in [2.24, 2.45) is 0 Å². The van der Waals surface area contributed by atoms with E-state index in [1.54, 1.807) is 19.5 Å². The number of aromatic nitrogens is 4. The molecule has 2 heterocycles. The van der Waals surface area contributed by atoms with E-state index >= 15 is 0 Å². The van der Waals surface area contributed by atoms with Gasteiger partial charge < -0.3 is 14.6 Å². The van der Waals surface area contributed by atoms with Gasteiger partial charge in [-0.15, -0.1) is 0 Å². The van der Waals surface area contributed by atoms with Crippen LogP contribution in [0.2, 0.25) is 0 Å². The molecule has 0 saturated carbocycles. The van der Waals surface area contributed by atoms with Crippen molar-refractivity contribution in [2.75, 3.05) is 12.4 Å². The minimum Gasteiger partial charge on any atom is -0.497 e. The molecule has 8 nitrogen and oxygen atoms in total. The van der Waals surface area contributed by atoms with Crippen molar-refractivity contribution in [1.82, 2.24) is 20.3 Å². The van der Waals surface area contributed by atoms with Gasteiger partial charge in [0, 0.05) is 24.6 Å². The fourth-order valence-corrected chi connectivity index (χ4v) is 2.16. The molecule has 3 aromatic rings. The van der Waals surface area contributed by atoms with Crippen LogP contribution in [0.1, 0.15) is 18.7 Å². The first-order valence-electron chi connectivity index (χ1n) is 7.50. The highest BCUT2D eigenvalue weighted by atomic mass is 16.5. The first-order chi connectivity index (χ1) is 11.7. The fourth-order valence-electron chi connectivity index (χ4n) is 2.16. The van der Waals surface area contributed by atoms with Crippen LogP contribution >= 0.6 is 0 Å². The van der Waals surface area contributed by atoms with Crippen LogP contribution in [0.3, 0.4) is 0 Å². The number of hydrogen-bond acceptors (Lipinski definition) is 6. The van der Waals surface area contributed by atoms with Crippen LogP contribution in [-0.4, -0.2) is 33.4 Å². The normalized spacial score (nSPS) is 10.5. The number of amides is 1. The van der Waals surface area contributed by atoms with Crippen molar-refractivity contribution in [3.8, 4) is 17.1 Å². The van der Waals surface area contributed by atoms with E-state index < -0.39 is 0 Å². The van der Waals surface area contributed by atoms with Gasteiger partial charge in [-0.05, 0) is 30.7 Å². The number of aromatic amines is 1. The number of H-pyrrole nitrogens is 1. The maximum absolute atomic E-state index is 11.8. The molecule has 0 aliphatic carbocycles. The van der Waals surface area contributed by atoms with E-state index in [1.165, 1.54) is 0 Å². The number of carbonyl (C=O) groups excluding carboxylic acids is 1. The lowest BCUT2D eigenvalue weighted by Crippen LogP contribution is -2.10. The summed E-state index contributed by atoms with van der Waals surface area (Å²) in [5.41, 5.74) is 1.50. The first kappa shape index (κ1) is 15.7. The molecular formula is C16H17N5O3. The SMILES string of the molecule is COc1ccc(-c2noc(CCCC(=O)Nc3cn[nH]c3)n2)cc1. The number of ether oxygens (including phenoxy) is 1. The number of methoxy groups -OCH3 is 1. The van der Waals surface area contributed by atoms with Gasteiger partial charge >= 0.3 is 0 Å². The minimum atomic E-state index is -0.0775. The molecule has 0 spiro atoms. The van der Waals surface area contributed by atoms with Gasteiger partial charge in [0.25, 0.3) is 0 Å². The summed E-state index contributed by atoms with van der Waals surface area (Å²) in [4.78, 5) is 16.1. The Bertz CT molecular complexity index is 780. The monoisotopic (exact) mass is 327 g/mol. The Morgan fingerprint density at radius 3 is 2.88 bits per heavy atom. The molecule has 0 saturated heterocycles. The standard InChI is InChI=1S/C16H17N5O3/c1-23-13-7-5-11(6-8-13)16-20-15(24-21-16)4-2-3-14(22)19-12-9-17-18-10-12/h5-10H,2-4H2,1H3,(H,17,18)(H,19,22). The van der Waals surface area contributed by atoms with Gasteiger partial charge in [0.05, 0.1) is 19.0 Å². The van der Waals surface area contributed by atoms with Gasteiger partial charge in [-0.2, -0.15) is 10.1 Å². The third-order valence-corrected chi connectivity index (χ3v) is 3.39. The number of nitrogens with one attached hydrogen (secondary N) is 2. The molecule has 0 unspecified atom stereocenters. The minimum absolute atomic E-state index is 0.0775. The third-order valence-electron chi connectivity index (χ3n) is 3.39. The zero-order valence-electron chi connectivity index (χ0n) is 13.2. The summed E-state index contributed by atoms with van der Waals surface area (Å²) in [5.74, 6) is 1.73. The molecule has 0 bridgehead atoms. The second kappa shape index (κ2) is 7.40. The molecule has 2 aromatic heterocycles. The van der Waals surface area contributed by atoms with E-state index in [9.17, 15) is 4.79 Å². The van der Waals surface area contributed by atoms with E-state index in [4.69, 9.17) is 9.26 Å². The summed E-state index contributed by atoms with van der Waals surface area (Å²) >= 11 is 0. The molecule has 2 N–H and O–H groups in total. The van der Waals surface area contributed by atoms with Crippen LogP contribution < -0.4 is 10.1 Å². The van der Waals surface area contributed by atoms with Crippen molar-refractivity contribution in [3.63, 3.8) is 0 Å². The van der Waals surface area contributed by atoms with Crippen LogP contribution in [0, 0.1) is 0 Å². The summed E-state index contributed by atoms with van der Waals surface area (Å²) in [6, 6.07) is 7.41. The largest absolute Gasteiger partial charge is 0.497 e. The lowest BCUT2D eigenvalue weighted by Gasteiger charge is -2.00. The summed E-state index contributed by atoms with van der Waals surface area (Å²) in [6.07, 6.45) is 4.70. The van der Waals surface area contributed by atoms with Crippen molar-refractivity contribution in [2.45, 2.75) is 19.3 Å². The Hall–Kier alpha value is -3.16. The summed E-state index contributed by atoms with van der Waals surface area (Å²) in [7, 11) is 1.62. The maximum atomic E-state index is 11.8. The van der Waals surface area contributed by atoms with Crippen LogP contribution in [0.15, 0.2) is 41.2 Å². The Balaban J connectivity index is 1.49. The molecule has 0 atom stereocenters. The molecule has 0 aliphatic heterocycles. The zero-order valence-corrected chi connectivity index (χ0v) is 13.2. The number of rotatable bonds is 7. The lowest BCUT2D eigenvalue weighted by atomic mass is 10.2. The third kappa shape index (κ3) is 3.97. The average Bonchev–Trinajstić information content (AvgIpc) is 3.27. The zero-order chi connectivity index (χ0) is 16.8. The average molecular weight is 327 g/mol. The van der Waals surface area contributed by atoms with Crippen molar-refractivity contribution >= 4 is 11.6 Å². The lowest BCUT2D eigenvalue weighted by molar-refractivity contribution is -0.116. The number of carbonyl (C=O) groups is 1. The molecule has 24 heavy (non-hydrogen) atoms. The highest BCUT2D eigenvalue weighted by Gasteiger charge is 2.10. The topological polar surface area (TPSA) is 106 Å². The molecule has 0 fully saturated rings. The Morgan fingerprint density at radius 2 is 2.17 bits per heavy atom.